The number of fused-ring (bicyclic) bond motifs is 1. The van der Waals surface area contributed by atoms with E-state index in [0.29, 0.717) is 17.9 Å². The van der Waals surface area contributed by atoms with E-state index in [0.717, 1.165) is 27.2 Å². The molecule has 0 aliphatic rings. The number of hydrogen-bond donors (Lipinski definition) is 1. The Kier molecular flexibility index (Phi) is 6.47. The largest absolute Gasteiger partial charge is 0.487 e. The van der Waals surface area contributed by atoms with Gasteiger partial charge >= 0.3 is 5.97 Å². The minimum atomic E-state index is -0.900. The second-order valence-corrected chi connectivity index (χ2v) is 8.31. The zero-order valence-corrected chi connectivity index (χ0v) is 18.5. The van der Waals surface area contributed by atoms with Crippen LogP contribution < -0.4 is 4.74 Å². The summed E-state index contributed by atoms with van der Waals surface area (Å²) in [6, 6.07) is 14.9. The highest BCUT2D eigenvalue weighted by Gasteiger charge is 2.21. The lowest BCUT2D eigenvalue weighted by molar-refractivity contribution is -0.140. The SMILES string of the molecule is Cc1nc(COc2cccc(C=CC(=O)OC(C)C(=O)c3c[nH]c4ccccc34)c2)cs1. The molecule has 0 saturated heterocycles. The number of carbonyl (C=O) groups excluding carboxylic acids is 2. The van der Waals surface area contributed by atoms with Crippen molar-refractivity contribution in [3.63, 3.8) is 0 Å². The first-order chi connectivity index (χ1) is 15.5. The first-order valence-corrected chi connectivity index (χ1v) is 11.0. The number of Topliss-reactive ketones (excluding diaryl/α,β-unsaturated/α-hetero) is 1. The third-order valence-corrected chi connectivity index (χ3v) is 5.66. The lowest BCUT2D eigenvalue weighted by Gasteiger charge is -2.10. The summed E-state index contributed by atoms with van der Waals surface area (Å²) in [6.07, 6.45) is 3.68. The zero-order chi connectivity index (χ0) is 22.5. The van der Waals surface area contributed by atoms with E-state index in [2.05, 4.69) is 9.97 Å². The highest BCUT2D eigenvalue weighted by atomic mass is 32.1. The monoisotopic (exact) mass is 446 g/mol. The summed E-state index contributed by atoms with van der Waals surface area (Å²) >= 11 is 1.58. The van der Waals surface area contributed by atoms with Crippen LogP contribution in [0.1, 0.15) is 33.5 Å². The van der Waals surface area contributed by atoms with Gasteiger partial charge in [-0.05, 0) is 43.7 Å². The number of rotatable bonds is 8. The molecule has 0 saturated carbocycles. The van der Waals surface area contributed by atoms with Crippen LogP contribution in [-0.4, -0.2) is 27.8 Å². The molecular formula is C25H22N2O4S. The molecule has 2 heterocycles. The van der Waals surface area contributed by atoms with E-state index in [4.69, 9.17) is 9.47 Å². The van der Waals surface area contributed by atoms with Crippen molar-refractivity contribution in [1.29, 1.82) is 0 Å². The third-order valence-electron chi connectivity index (χ3n) is 4.84. The Morgan fingerprint density at radius 2 is 2.03 bits per heavy atom. The van der Waals surface area contributed by atoms with Crippen molar-refractivity contribution in [2.24, 2.45) is 0 Å². The maximum atomic E-state index is 12.7. The van der Waals surface area contributed by atoms with Gasteiger partial charge in [-0.1, -0.05) is 30.3 Å². The van der Waals surface area contributed by atoms with Crippen LogP contribution in [0.25, 0.3) is 17.0 Å². The van der Waals surface area contributed by atoms with Crippen molar-refractivity contribution >= 4 is 40.1 Å². The van der Waals surface area contributed by atoms with Crippen molar-refractivity contribution in [2.45, 2.75) is 26.6 Å². The topological polar surface area (TPSA) is 81.3 Å². The summed E-state index contributed by atoms with van der Waals surface area (Å²) < 4.78 is 11.1. The molecule has 0 aliphatic heterocycles. The van der Waals surface area contributed by atoms with Gasteiger partial charge in [0.05, 0.1) is 10.7 Å². The molecular weight excluding hydrogens is 424 g/mol. The number of H-pyrrole nitrogens is 1. The summed E-state index contributed by atoms with van der Waals surface area (Å²) in [4.78, 5) is 32.4. The van der Waals surface area contributed by atoms with Gasteiger partial charge in [-0.25, -0.2) is 9.78 Å². The Hall–Kier alpha value is -3.71. The van der Waals surface area contributed by atoms with E-state index in [-0.39, 0.29) is 5.78 Å². The molecule has 4 rings (SSSR count). The van der Waals surface area contributed by atoms with Crippen molar-refractivity contribution in [2.75, 3.05) is 0 Å². The molecule has 0 bridgehead atoms. The van der Waals surface area contributed by atoms with Crippen LogP contribution in [-0.2, 0) is 16.1 Å². The van der Waals surface area contributed by atoms with Crippen molar-refractivity contribution < 1.29 is 19.1 Å². The molecule has 32 heavy (non-hydrogen) atoms. The minimum Gasteiger partial charge on any atom is -0.487 e. The van der Waals surface area contributed by atoms with E-state index < -0.39 is 12.1 Å². The number of ketones is 1. The molecule has 0 radical (unpaired) electrons. The fraction of sp³-hybridized carbons (Fsp3) is 0.160. The van der Waals surface area contributed by atoms with Gasteiger partial charge in [0.15, 0.2) is 6.10 Å². The Morgan fingerprint density at radius 3 is 2.84 bits per heavy atom. The number of ether oxygens (including phenoxy) is 2. The summed E-state index contributed by atoms with van der Waals surface area (Å²) in [5.74, 6) is -0.166. The fourth-order valence-electron chi connectivity index (χ4n) is 3.27. The second kappa shape index (κ2) is 9.62. The number of hydrogen-bond acceptors (Lipinski definition) is 6. The smallest absolute Gasteiger partial charge is 0.331 e. The van der Waals surface area contributed by atoms with Gasteiger partial charge in [-0.15, -0.1) is 11.3 Å². The molecule has 6 nitrogen and oxygen atoms in total. The van der Waals surface area contributed by atoms with Crippen molar-refractivity contribution in [3.05, 3.63) is 88.0 Å². The second-order valence-electron chi connectivity index (χ2n) is 7.24. The molecule has 4 aromatic rings. The van der Waals surface area contributed by atoms with Gasteiger partial charge in [-0.3, -0.25) is 4.79 Å². The molecule has 7 heteroatoms. The summed E-state index contributed by atoms with van der Waals surface area (Å²) in [7, 11) is 0. The Labute approximate surface area is 189 Å². The number of aromatic nitrogens is 2. The molecule has 1 unspecified atom stereocenters. The average Bonchev–Trinajstić information content (AvgIpc) is 3.42. The number of esters is 1. The normalized spacial score (nSPS) is 12.2. The molecule has 1 N–H and O–H groups in total. The predicted octanol–water partition coefficient (Wildman–Crippen LogP) is 5.34. The number of benzene rings is 2. The van der Waals surface area contributed by atoms with Crippen LogP contribution >= 0.6 is 11.3 Å². The number of nitrogens with one attached hydrogen (secondary N) is 1. The minimum absolute atomic E-state index is 0.253. The fourth-order valence-corrected chi connectivity index (χ4v) is 3.86. The maximum absolute atomic E-state index is 12.7. The van der Waals surface area contributed by atoms with Crippen LogP contribution in [0.4, 0.5) is 0 Å². The van der Waals surface area contributed by atoms with Gasteiger partial charge in [0.2, 0.25) is 5.78 Å². The molecule has 0 aliphatic carbocycles. The van der Waals surface area contributed by atoms with E-state index in [1.54, 1.807) is 30.5 Å². The molecule has 2 aromatic heterocycles. The number of carbonyl (C=O) groups is 2. The first-order valence-electron chi connectivity index (χ1n) is 10.1. The highest BCUT2D eigenvalue weighted by Crippen LogP contribution is 2.20. The summed E-state index contributed by atoms with van der Waals surface area (Å²) in [6.45, 7) is 3.91. The lowest BCUT2D eigenvalue weighted by atomic mass is 10.1. The Morgan fingerprint density at radius 1 is 1.19 bits per heavy atom. The Bertz CT molecular complexity index is 1290. The molecule has 1 atom stereocenters. The van der Waals surface area contributed by atoms with Crippen LogP contribution in [0.5, 0.6) is 5.75 Å². The number of thiazole rings is 1. The van der Waals surface area contributed by atoms with Crippen molar-refractivity contribution in [3.8, 4) is 5.75 Å². The average molecular weight is 447 g/mol. The molecule has 2 aromatic carbocycles. The number of aromatic amines is 1. The standard InChI is InChI=1S/C25H22N2O4S/c1-16(25(29)22-13-26-23-9-4-3-8-21(22)23)31-24(28)11-10-18-6-5-7-20(12-18)30-14-19-15-32-17(2)27-19/h3-13,15-16,26H,14H2,1-2H3. The Balaban J connectivity index is 1.35. The van der Waals surface area contributed by atoms with Crippen LogP contribution in [0.2, 0.25) is 0 Å². The van der Waals surface area contributed by atoms with E-state index in [1.807, 2.05) is 60.8 Å². The van der Waals surface area contributed by atoms with Gasteiger partial charge < -0.3 is 14.5 Å². The summed E-state index contributed by atoms with van der Waals surface area (Å²) in [5, 5.41) is 3.77. The quantitative estimate of drug-likeness (QED) is 0.224. The zero-order valence-electron chi connectivity index (χ0n) is 17.7. The van der Waals surface area contributed by atoms with Crippen molar-refractivity contribution in [1.82, 2.24) is 9.97 Å². The van der Waals surface area contributed by atoms with E-state index in [1.165, 1.54) is 6.08 Å². The van der Waals surface area contributed by atoms with E-state index in [9.17, 15) is 9.59 Å². The summed E-state index contributed by atoms with van der Waals surface area (Å²) in [5.41, 5.74) is 3.03. The highest BCUT2D eigenvalue weighted by molar-refractivity contribution is 7.09. The molecule has 0 fully saturated rings. The van der Waals surface area contributed by atoms with Crippen LogP contribution in [0.15, 0.2) is 66.2 Å². The van der Waals surface area contributed by atoms with Gasteiger partial charge in [-0.2, -0.15) is 0 Å². The maximum Gasteiger partial charge on any atom is 0.331 e. The number of nitrogens with zero attached hydrogens (tertiary/aromatic N) is 1. The first kappa shape index (κ1) is 21.5. The number of para-hydroxylation sites is 1. The lowest BCUT2D eigenvalue weighted by Crippen LogP contribution is -2.23. The van der Waals surface area contributed by atoms with Crippen LogP contribution in [0, 0.1) is 6.92 Å². The third kappa shape index (κ3) is 5.12. The molecule has 162 valence electrons. The van der Waals surface area contributed by atoms with Gasteiger partial charge in [0.1, 0.15) is 12.4 Å². The van der Waals surface area contributed by atoms with Crippen LogP contribution in [0.3, 0.4) is 0 Å². The molecule has 0 spiro atoms. The number of aryl methyl sites for hydroxylation is 1. The van der Waals surface area contributed by atoms with Gasteiger partial charge in [0.25, 0.3) is 0 Å². The predicted molar refractivity (Wildman–Crippen MR) is 125 cm³/mol. The van der Waals surface area contributed by atoms with Gasteiger partial charge in [0, 0.05) is 34.1 Å². The molecule has 0 amide bonds. The van der Waals surface area contributed by atoms with E-state index >= 15 is 0 Å².